The summed E-state index contributed by atoms with van der Waals surface area (Å²) < 4.78 is 4.75. The molecule has 0 unspecified atom stereocenters. The lowest BCUT2D eigenvalue weighted by Crippen LogP contribution is -2.43. The van der Waals surface area contributed by atoms with Crippen molar-refractivity contribution in [3.05, 3.63) is 64.9 Å². The van der Waals surface area contributed by atoms with Gasteiger partial charge in [0.15, 0.2) is 0 Å². The van der Waals surface area contributed by atoms with Gasteiger partial charge in [-0.1, -0.05) is 23.7 Å². The van der Waals surface area contributed by atoms with Gasteiger partial charge in [-0.25, -0.2) is 4.79 Å². The number of aromatic nitrogens is 1. The molecule has 1 atom stereocenters. The van der Waals surface area contributed by atoms with Gasteiger partial charge in [0.1, 0.15) is 6.04 Å². The van der Waals surface area contributed by atoms with Gasteiger partial charge >= 0.3 is 5.97 Å². The number of esters is 1. The van der Waals surface area contributed by atoms with E-state index in [-0.39, 0.29) is 5.91 Å². The minimum atomic E-state index is -0.771. The van der Waals surface area contributed by atoms with Crippen LogP contribution in [-0.2, 0) is 16.0 Å². The van der Waals surface area contributed by atoms with Crippen LogP contribution < -0.4 is 5.32 Å². The molecule has 1 amide bonds. The Labute approximate surface area is 133 Å². The quantitative estimate of drug-likeness (QED) is 0.859. The van der Waals surface area contributed by atoms with Gasteiger partial charge in [-0.15, -0.1) is 0 Å². The normalized spacial score (nSPS) is 11.5. The number of carbonyl (C=O) groups is 2. The van der Waals surface area contributed by atoms with E-state index >= 15 is 0 Å². The monoisotopic (exact) mass is 318 g/mol. The summed E-state index contributed by atoms with van der Waals surface area (Å²) >= 11 is 5.84. The highest BCUT2D eigenvalue weighted by Gasteiger charge is 2.22. The number of rotatable bonds is 5. The van der Waals surface area contributed by atoms with Crippen molar-refractivity contribution >= 4 is 23.5 Å². The van der Waals surface area contributed by atoms with E-state index in [0.717, 1.165) is 5.56 Å². The molecule has 5 nitrogen and oxygen atoms in total. The zero-order chi connectivity index (χ0) is 15.9. The molecule has 0 saturated carbocycles. The van der Waals surface area contributed by atoms with E-state index < -0.39 is 12.0 Å². The van der Waals surface area contributed by atoms with Crippen LogP contribution in [0.5, 0.6) is 0 Å². The molecule has 0 aliphatic carbocycles. The van der Waals surface area contributed by atoms with Crippen LogP contribution in [0.3, 0.4) is 0 Å². The van der Waals surface area contributed by atoms with Gasteiger partial charge in [0.25, 0.3) is 5.91 Å². The van der Waals surface area contributed by atoms with E-state index in [1.807, 2.05) is 0 Å². The molecule has 0 spiro atoms. The lowest BCUT2D eigenvalue weighted by atomic mass is 10.1. The Balaban J connectivity index is 2.11. The van der Waals surface area contributed by atoms with Crippen molar-refractivity contribution in [1.82, 2.24) is 10.3 Å². The molecule has 1 aromatic carbocycles. The fraction of sp³-hybridized carbons (Fsp3) is 0.188. The van der Waals surface area contributed by atoms with Crippen molar-refractivity contribution in [1.29, 1.82) is 0 Å². The molecule has 2 rings (SSSR count). The number of halogens is 1. The second kappa shape index (κ2) is 7.56. The summed E-state index contributed by atoms with van der Waals surface area (Å²) in [4.78, 5) is 27.9. The molecule has 0 aliphatic heterocycles. The third-order valence-electron chi connectivity index (χ3n) is 3.09. The van der Waals surface area contributed by atoms with E-state index in [4.69, 9.17) is 16.3 Å². The smallest absolute Gasteiger partial charge is 0.328 e. The summed E-state index contributed by atoms with van der Waals surface area (Å²) in [6, 6.07) is 9.45. The second-order valence-corrected chi connectivity index (χ2v) is 5.05. The van der Waals surface area contributed by atoms with E-state index in [1.165, 1.54) is 19.5 Å². The summed E-state index contributed by atoms with van der Waals surface area (Å²) in [5, 5.41) is 3.28. The summed E-state index contributed by atoms with van der Waals surface area (Å²) in [5.74, 6) is -0.857. The zero-order valence-corrected chi connectivity index (χ0v) is 12.7. The highest BCUT2D eigenvalue weighted by molar-refractivity contribution is 6.30. The van der Waals surface area contributed by atoms with Gasteiger partial charge in [-0.05, 0) is 29.8 Å². The second-order valence-electron chi connectivity index (χ2n) is 4.62. The molecule has 1 N–H and O–H groups in total. The summed E-state index contributed by atoms with van der Waals surface area (Å²) in [7, 11) is 1.29. The van der Waals surface area contributed by atoms with Crippen molar-refractivity contribution in [3.63, 3.8) is 0 Å². The number of benzene rings is 1. The minimum Gasteiger partial charge on any atom is -0.467 e. The molecule has 22 heavy (non-hydrogen) atoms. The van der Waals surface area contributed by atoms with Crippen molar-refractivity contribution in [3.8, 4) is 0 Å². The topological polar surface area (TPSA) is 68.3 Å². The average Bonchev–Trinajstić information content (AvgIpc) is 2.56. The first-order valence-corrected chi connectivity index (χ1v) is 7.01. The maximum absolute atomic E-state index is 12.2. The minimum absolute atomic E-state index is 0.320. The molecule has 0 aliphatic rings. The molecule has 0 fully saturated rings. The third-order valence-corrected chi connectivity index (χ3v) is 3.34. The molecular formula is C16H15ClN2O3. The number of hydrogen-bond acceptors (Lipinski definition) is 4. The number of carbonyl (C=O) groups excluding carboxylic acids is 2. The van der Waals surface area contributed by atoms with Crippen LogP contribution in [0.25, 0.3) is 0 Å². The predicted octanol–water partition coefficient (Wildman–Crippen LogP) is 2.25. The number of ether oxygens (including phenoxy) is 1. The Kier molecular flexibility index (Phi) is 5.49. The first-order chi connectivity index (χ1) is 10.6. The zero-order valence-electron chi connectivity index (χ0n) is 12.0. The Hall–Kier alpha value is -2.40. The lowest BCUT2D eigenvalue weighted by Gasteiger charge is -2.16. The van der Waals surface area contributed by atoms with Crippen LogP contribution in [-0.4, -0.2) is 30.0 Å². The first-order valence-electron chi connectivity index (χ1n) is 6.63. The standard InChI is InChI=1S/C16H15ClN2O3/c1-22-16(21)14(10-11-2-4-13(17)5-3-11)19-15(20)12-6-8-18-9-7-12/h2-9,14H,10H2,1H3,(H,19,20)/t14-/m0/s1. The number of methoxy groups -OCH3 is 1. The molecule has 0 bridgehead atoms. The summed E-state index contributed by atoms with van der Waals surface area (Å²) in [6.07, 6.45) is 3.35. The maximum atomic E-state index is 12.2. The maximum Gasteiger partial charge on any atom is 0.328 e. The molecule has 1 heterocycles. The Bertz CT molecular complexity index is 644. The van der Waals surface area contributed by atoms with Crippen molar-refractivity contribution in [2.45, 2.75) is 12.5 Å². The van der Waals surface area contributed by atoms with E-state index in [2.05, 4.69) is 10.3 Å². The van der Waals surface area contributed by atoms with Gasteiger partial charge < -0.3 is 10.1 Å². The molecule has 0 saturated heterocycles. The van der Waals surface area contributed by atoms with Crippen LogP contribution >= 0.6 is 11.6 Å². The largest absolute Gasteiger partial charge is 0.467 e. The number of amides is 1. The predicted molar refractivity (Wildman–Crippen MR) is 82.7 cm³/mol. The number of hydrogen-bond donors (Lipinski definition) is 1. The van der Waals surface area contributed by atoms with Gasteiger partial charge in [-0.3, -0.25) is 9.78 Å². The lowest BCUT2D eigenvalue weighted by molar-refractivity contribution is -0.142. The number of nitrogens with zero attached hydrogens (tertiary/aromatic N) is 1. The van der Waals surface area contributed by atoms with Crippen molar-refractivity contribution in [2.24, 2.45) is 0 Å². The fourth-order valence-corrected chi connectivity index (χ4v) is 2.06. The van der Waals surface area contributed by atoms with Crippen LogP contribution in [0.4, 0.5) is 0 Å². The first kappa shape index (κ1) is 16.0. The van der Waals surface area contributed by atoms with Gasteiger partial charge in [0.05, 0.1) is 7.11 Å². The highest BCUT2D eigenvalue weighted by Crippen LogP contribution is 2.12. The molecule has 2 aromatic rings. The van der Waals surface area contributed by atoms with Gasteiger partial charge in [-0.2, -0.15) is 0 Å². The van der Waals surface area contributed by atoms with Crippen molar-refractivity contribution in [2.75, 3.05) is 7.11 Å². The third kappa shape index (κ3) is 4.30. The Morgan fingerprint density at radius 1 is 1.18 bits per heavy atom. The number of pyridine rings is 1. The SMILES string of the molecule is COC(=O)[C@H](Cc1ccc(Cl)cc1)NC(=O)c1ccncc1. The van der Waals surface area contributed by atoms with E-state index in [0.29, 0.717) is 17.0 Å². The summed E-state index contributed by atoms with van der Waals surface area (Å²) in [5.41, 5.74) is 1.30. The van der Waals surface area contributed by atoms with E-state index in [9.17, 15) is 9.59 Å². The molecule has 114 valence electrons. The van der Waals surface area contributed by atoms with Crippen molar-refractivity contribution < 1.29 is 14.3 Å². The van der Waals surface area contributed by atoms with Crippen LogP contribution in [0.2, 0.25) is 5.02 Å². The Morgan fingerprint density at radius 2 is 1.82 bits per heavy atom. The van der Waals surface area contributed by atoms with Crippen LogP contribution in [0.15, 0.2) is 48.8 Å². The summed E-state index contributed by atoms with van der Waals surface area (Å²) in [6.45, 7) is 0. The van der Waals surface area contributed by atoms with Gasteiger partial charge in [0, 0.05) is 29.4 Å². The fourth-order valence-electron chi connectivity index (χ4n) is 1.94. The highest BCUT2D eigenvalue weighted by atomic mass is 35.5. The number of nitrogens with one attached hydrogen (secondary N) is 1. The average molecular weight is 319 g/mol. The van der Waals surface area contributed by atoms with Crippen LogP contribution in [0.1, 0.15) is 15.9 Å². The molecule has 0 radical (unpaired) electrons. The van der Waals surface area contributed by atoms with Gasteiger partial charge in [0.2, 0.25) is 0 Å². The molecule has 6 heteroatoms. The van der Waals surface area contributed by atoms with E-state index in [1.54, 1.807) is 36.4 Å². The molecular weight excluding hydrogens is 304 g/mol. The van der Waals surface area contributed by atoms with Crippen LogP contribution in [0, 0.1) is 0 Å². The Morgan fingerprint density at radius 3 is 2.41 bits per heavy atom. The molecule has 1 aromatic heterocycles.